The summed E-state index contributed by atoms with van der Waals surface area (Å²) in [6.45, 7) is 12.7. The lowest BCUT2D eigenvalue weighted by Crippen LogP contribution is -2.49. The normalized spacial score (nSPS) is 31.8. The van der Waals surface area contributed by atoms with Crippen molar-refractivity contribution in [2.45, 2.75) is 239 Å². The Labute approximate surface area is 506 Å². The lowest BCUT2D eigenvalue weighted by Gasteiger charge is -2.59. The summed E-state index contributed by atoms with van der Waals surface area (Å²) >= 11 is 0. The average molecular weight is 1170 g/mol. The van der Waals surface area contributed by atoms with Crippen LogP contribution >= 0.6 is 31.7 Å². The van der Waals surface area contributed by atoms with E-state index in [1.165, 1.54) is 120 Å². The molecule has 8 bridgehead atoms. The monoisotopic (exact) mass is 1170 g/mol. The van der Waals surface area contributed by atoms with Crippen molar-refractivity contribution in [3.63, 3.8) is 0 Å². The molecule has 0 N–H and O–H groups in total. The van der Waals surface area contributed by atoms with E-state index < -0.39 is 0 Å². The SMILES string of the molecule is CC1(P(C2CCCCC2)C2CCCCC2)c2ccccc2-c2ccccc21.CC1CCCCC1P(c1ccccc1)c1ccccc1.CCCCP(C)C12CC3CC(CC(C3)C1)C2.CP(Cc1ccccc1)C12CC3CC(CC(C3)C1)C2. The van der Waals surface area contributed by atoms with Crippen LogP contribution in [0.3, 0.4) is 0 Å². The van der Waals surface area contributed by atoms with Gasteiger partial charge in [0.25, 0.3) is 0 Å². The first-order valence-corrected chi connectivity index (χ1v) is 41.3. The predicted molar refractivity (Wildman–Crippen MR) is 367 cm³/mol. The highest BCUT2D eigenvalue weighted by Crippen LogP contribution is 2.74. The van der Waals surface area contributed by atoms with Gasteiger partial charge in [0.05, 0.1) is 0 Å². The first-order valence-electron chi connectivity index (χ1n) is 34.4. The van der Waals surface area contributed by atoms with Gasteiger partial charge in [0.15, 0.2) is 0 Å². The molecule has 5 aromatic rings. The minimum absolute atomic E-state index is 0.0534. The zero-order valence-electron chi connectivity index (χ0n) is 52.1. The summed E-state index contributed by atoms with van der Waals surface area (Å²) in [4.78, 5) is 0. The largest absolute Gasteiger partial charge is 0.104 e. The van der Waals surface area contributed by atoms with Crippen LogP contribution in [0.2, 0.25) is 0 Å². The van der Waals surface area contributed by atoms with E-state index >= 15 is 0 Å². The van der Waals surface area contributed by atoms with E-state index in [0.717, 1.165) is 68.7 Å². The van der Waals surface area contributed by atoms with Crippen molar-refractivity contribution in [1.29, 1.82) is 0 Å². The minimum Gasteiger partial charge on any atom is -0.104 e. The van der Waals surface area contributed by atoms with Crippen molar-refractivity contribution < 1.29 is 0 Å². The smallest absolute Gasteiger partial charge is 0.0390 e. The number of unbranched alkanes of at least 4 members (excludes halogenated alkanes) is 1. The van der Waals surface area contributed by atoms with Crippen molar-refractivity contribution in [2.24, 2.45) is 41.4 Å². The Morgan fingerprint density at radius 2 is 0.805 bits per heavy atom. The van der Waals surface area contributed by atoms with Crippen molar-refractivity contribution >= 4 is 42.3 Å². The van der Waals surface area contributed by atoms with E-state index in [1.54, 1.807) is 111 Å². The molecule has 11 saturated carbocycles. The molecule has 0 saturated heterocycles. The second-order valence-corrected chi connectivity index (χ2v) is 40.5. The first kappa shape index (κ1) is 60.1. The minimum atomic E-state index is -0.208. The predicted octanol–water partition coefficient (Wildman–Crippen LogP) is 22.9. The van der Waals surface area contributed by atoms with Gasteiger partial charge in [0.1, 0.15) is 0 Å². The third kappa shape index (κ3) is 13.2. The Bertz CT molecular complexity index is 2580. The van der Waals surface area contributed by atoms with Gasteiger partial charge in [0, 0.05) is 5.16 Å². The zero-order valence-corrected chi connectivity index (χ0v) is 55.6. The highest BCUT2D eigenvalue weighted by molar-refractivity contribution is 7.73. The van der Waals surface area contributed by atoms with Gasteiger partial charge in [-0.25, -0.2) is 0 Å². The third-order valence-electron chi connectivity index (χ3n) is 23.9. The molecule has 0 heterocycles. The molecule has 4 heteroatoms. The highest BCUT2D eigenvalue weighted by atomic mass is 31.1. The maximum absolute atomic E-state index is 2.65. The van der Waals surface area contributed by atoms with Crippen molar-refractivity contribution in [1.82, 2.24) is 0 Å². The molecule has 17 rings (SSSR count). The second kappa shape index (κ2) is 27.5. The average Bonchev–Trinajstić information content (AvgIpc) is 3.77. The quantitative estimate of drug-likeness (QED) is 0.103. The van der Waals surface area contributed by atoms with E-state index in [4.69, 9.17) is 0 Å². The molecule has 12 aliphatic rings. The number of benzene rings is 5. The fraction of sp³-hybridized carbons (Fsp3) is 0.615. The zero-order chi connectivity index (χ0) is 56.1. The third-order valence-corrected chi connectivity index (χ3v) is 37.3. The lowest BCUT2D eigenvalue weighted by molar-refractivity contribution is 0.0355. The molecule has 0 aromatic heterocycles. The van der Waals surface area contributed by atoms with Crippen LogP contribution in [0, 0.1) is 41.4 Å². The Balaban J connectivity index is 0.000000110. The van der Waals surface area contributed by atoms with Gasteiger partial charge < -0.3 is 0 Å². The van der Waals surface area contributed by atoms with Crippen LogP contribution in [-0.2, 0) is 11.3 Å². The molecule has 0 radical (unpaired) electrons. The van der Waals surface area contributed by atoms with Crippen LogP contribution in [0.5, 0.6) is 0 Å². The molecule has 0 nitrogen and oxygen atoms in total. The van der Waals surface area contributed by atoms with E-state index in [1.807, 2.05) is 0 Å². The summed E-state index contributed by atoms with van der Waals surface area (Å²) in [5.41, 5.74) is 10.7. The summed E-state index contributed by atoms with van der Waals surface area (Å²) in [5, 5.41) is 5.01. The lowest BCUT2D eigenvalue weighted by atomic mass is 9.56. The molecule has 0 amide bonds. The molecular weight excluding hydrogens is 1060 g/mol. The summed E-state index contributed by atoms with van der Waals surface area (Å²) in [6, 6.07) is 52.4. The van der Waals surface area contributed by atoms with Gasteiger partial charge in [0.2, 0.25) is 0 Å². The molecular formula is C78H108P4. The molecule has 0 aliphatic heterocycles. The Kier molecular flexibility index (Phi) is 20.1. The standard InChI is InChI=1S/C26H33P.C19H23P.C18H25P.C15H27P/c1-26(24-18-10-8-16-22(24)23-17-9-11-19-25(23)26)27(20-12-4-2-5-13-20)21-14-6-3-7-15-21;1-16-10-8-9-15-19(16)20(17-11-4-2-5-12-17)18-13-6-3-7-14-18;1-19(13-14-5-3-2-4-6-14)18-10-15-7-16(11-18)9-17(8-15)12-18;1-3-4-5-16(2)15-9-12-6-13(10-15)8-14(7-12)11-15/h8-11,16-21H,2-7,12-15H2,1H3;2-7,11-14,16,19H,8-10,15H2,1H3;2-6,15-17H,7-13H2,1H3;12-14H,3-11H2,1-2H3. The van der Waals surface area contributed by atoms with Crippen molar-refractivity contribution in [3.05, 3.63) is 156 Å². The summed E-state index contributed by atoms with van der Waals surface area (Å²) in [7, 11) is 0.247. The summed E-state index contributed by atoms with van der Waals surface area (Å²) < 4.78 is 0. The molecule has 12 aliphatic carbocycles. The van der Waals surface area contributed by atoms with Crippen LogP contribution in [0.4, 0.5) is 0 Å². The van der Waals surface area contributed by atoms with Crippen molar-refractivity contribution in [3.8, 4) is 11.1 Å². The molecule has 5 aromatic carbocycles. The summed E-state index contributed by atoms with van der Waals surface area (Å²) in [5.74, 6) is 7.62. The van der Waals surface area contributed by atoms with E-state index in [-0.39, 0.29) is 28.9 Å². The van der Waals surface area contributed by atoms with Gasteiger partial charge in [-0.1, -0.05) is 233 Å². The van der Waals surface area contributed by atoms with E-state index in [2.05, 4.69) is 174 Å². The highest BCUT2D eigenvalue weighted by Gasteiger charge is 2.55. The molecule has 4 atom stereocenters. The van der Waals surface area contributed by atoms with Gasteiger partial charge >= 0.3 is 0 Å². The number of rotatable bonds is 13. The Morgan fingerprint density at radius 1 is 0.427 bits per heavy atom. The van der Waals surface area contributed by atoms with Crippen LogP contribution < -0.4 is 10.6 Å². The summed E-state index contributed by atoms with van der Waals surface area (Å²) in [6.07, 6.45) is 45.4. The van der Waals surface area contributed by atoms with Crippen LogP contribution in [0.15, 0.2) is 140 Å². The molecule has 440 valence electrons. The van der Waals surface area contributed by atoms with Crippen LogP contribution in [0.1, 0.15) is 217 Å². The molecule has 11 fully saturated rings. The Hall–Kier alpha value is -2.18. The van der Waals surface area contributed by atoms with E-state index in [9.17, 15) is 0 Å². The number of fused-ring (bicyclic) bond motifs is 3. The number of hydrogen-bond acceptors (Lipinski definition) is 0. The molecule has 4 unspecified atom stereocenters. The van der Waals surface area contributed by atoms with Gasteiger partial charge in [-0.2, -0.15) is 0 Å². The fourth-order valence-electron chi connectivity index (χ4n) is 20.6. The van der Waals surface area contributed by atoms with Gasteiger partial charge in [-0.05, 0) is 263 Å². The molecule has 82 heavy (non-hydrogen) atoms. The fourth-order valence-corrected chi connectivity index (χ4v) is 34.3. The van der Waals surface area contributed by atoms with Crippen molar-refractivity contribution in [2.75, 3.05) is 19.5 Å². The van der Waals surface area contributed by atoms with Crippen LogP contribution in [-0.4, -0.2) is 46.8 Å². The van der Waals surface area contributed by atoms with Gasteiger partial charge in [-0.15, -0.1) is 7.92 Å². The Morgan fingerprint density at radius 3 is 1.23 bits per heavy atom. The van der Waals surface area contributed by atoms with Gasteiger partial charge in [-0.3, -0.25) is 0 Å². The van der Waals surface area contributed by atoms with Crippen LogP contribution in [0.25, 0.3) is 11.1 Å². The topological polar surface area (TPSA) is 0 Å². The molecule has 0 spiro atoms. The first-order chi connectivity index (χ1) is 40.1. The van der Waals surface area contributed by atoms with E-state index in [0.29, 0.717) is 7.92 Å². The maximum Gasteiger partial charge on any atom is 0.0390 e. The number of hydrogen-bond donors (Lipinski definition) is 0. The maximum atomic E-state index is 2.65. The second-order valence-electron chi connectivity index (χ2n) is 29.4.